The highest BCUT2D eigenvalue weighted by Crippen LogP contribution is 2.28. The van der Waals surface area contributed by atoms with Gasteiger partial charge in [0, 0.05) is 13.7 Å². The molecule has 1 heterocycles. The second-order valence-electron chi connectivity index (χ2n) is 3.44. The van der Waals surface area contributed by atoms with E-state index >= 15 is 0 Å². The Morgan fingerprint density at radius 1 is 1.47 bits per heavy atom. The van der Waals surface area contributed by atoms with Gasteiger partial charge in [-0.3, -0.25) is 0 Å². The van der Waals surface area contributed by atoms with Crippen LogP contribution >= 0.6 is 11.6 Å². The van der Waals surface area contributed by atoms with Gasteiger partial charge in [0.25, 0.3) is 0 Å². The first kappa shape index (κ1) is 12.0. The first-order chi connectivity index (χ1) is 8.24. The number of benzene rings is 1. The van der Waals surface area contributed by atoms with E-state index in [4.69, 9.17) is 16.3 Å². The fraction of sp³-hybridized carbons (Fsp3) is 0.273. The molecule has 0 saturated carbocycles. The first-order valence-corrected chi connectivity index (χ1v) is 5.43. The van der Waals surface area contributed by atoms with E-state index in [2.05, 4.69) is 10.2 Å². The highest BCUT2D eigenvalue weighted by molar-refractivity contribution is 6.33. The Bertz CT molecular complexity index is 495. The molecule has 90 valence electrons. The van der Waals surface area contributed by atoms with E-state index < -0.39 is 5.82 Å². The van der Waals surface area contributed by atoms with Crippen molar-refractivity contribution in [1.82, 2.24) is 14.8 Å². The normalized spacial score (nSPS) is 10.8. The fourth-order valence-corrected chi connectivity index (χ4v) is 1.76. The standard InChI is InChI=1S/C11H11ClFN3O/c1-17-6-5-16-7-14-15-11(16)10-8(12)3-2-4-9(10)13/h2-4,7H,5-6H2,1H3. The van der Waals surface area contributed by atoms with Gasteiger partial charge in [-0.25, -0.2) is 4.39 Å². The number of hydrogen-bond acceptors (Lipinski definition) is 3. The Balaban J connectivity index is 2.43. The Kier molecular flexibility index (Phi) is 3.71. The third-order valence-electron chi connectivity index (χ3n) is 2.34. The molecule has 0 amide bonds. The minimum absolute atomic E-state index is 0.266. The number of hydrogen-bond donors (Lipinski definition) is 0. The van der Waals surface area contributed by atoms with Gasteiger partial charge in [0.2, 0.25) is 0 Å². The van der Waals surface area contributed by atoms with Crippen molar-refractivity contribution in [3.05, 3.63) is 35.4 Å². The average Bonchev–Trinajstić information content (AvgIpc) is 2.74. The third kappa shape index (κ3) is 2.45. The molecule has 0 N–H and O–H groups in total. The Morgan fingerprint density at radius 2 is 2.29 bits per heavy atom. The lowest BCUT2D eigenvalue weighted by molar-refractivity contribution is 0.187. The molecule has 0 saturated heterocycles. The van der Waals surface area contributed by atoms with Crippen molar-refractivity contribution in [2.24, 2.45) is 0 Å². The summed E-state index contributed by atoms with van der Waals surface area (Å²) in [6.45, 7) is 1.04. The number of rotatable bonds is 4. The second-order valence-corrected chi connectivity index (χ2v) is 3.84. The number of methoxy groups -OCH3 is 1. The molecule has 0 aliphatic heterocycles. The smallest absolute Gasteiger partial charge is 0.168 e. The van der Waals surface area contributed by atoms with Crippen LogP contribution in [0.5, 0.6) is 0 Å². The fourth-order valence-electron chi connectivity index (χ4n) is 1.51. The van der Waals surface area contributed by atoms with Crippen molar-refractivity contribution in [1.29, 1.82) is 0 Å². The molecule has 1 aromatic heterocycles. The van der Waals surface area contributed by atoms with E-state index in [1.807, 2.05) is 0 Å². The monoisotopic (exact) mass is 255 g/mol. The molecule has 0 unspecified atom stereocenters. The van der Waals surface area contributed by atoms with Crippen molar-refractivity contribution in [3.8, 4) is 11.4 Å². The molecule has 2 rings (SSSR count). The zero-order valence-corrected chi connectivity index (χ0v) is 9.99. The quantitative estimate of drug-likeness (QED) is 0.842. The zero-order valence-electron chi connectivity index (χ0n) is 9.23. The summed E-state index contributed by atoms with van der Waals surface area (Å²) in [6, 6.07) is 4.52. The van der Waals surface area contributed by atoms with E-state index in [1.165, 1.54) is 12.4 Å². The Hall–Kier alpha value is -1.46. The molecule has 1 aromatic carbocycles. The summed E-state index contributed by atoms with van der Waals surface area (Å²) in [5, 5.41) is 7.98. The molecule has 4 nitrogen and oxygen atoms in total. The van der Waals surface area contributed by atoms with Crippen LogP contribution in [-0.4, -0.2) is 28.5 Å². The van der Waals surface area contributed by atoms with E-state index in [1.54, 1.807) is 23.8 Å². The summed E-state index contributed by atoms with van der Waals surface area (Å²) in [5.41, 5.74) is 0.266. The maximum atomic E-state index is 13.7. The highest BCUT2D eigenvalue weighted by atomic mass is 35.5. The Labute approximate surface area is 103 Å². The van der Waals surface area contributed by atoms with Crippen molar-refractivity contribution in [2.45, 2.75) is 6.54 Å². The van der Waals surface area contributed by atoms with Crippen LogP contribution in [-0.2, 0) is 11.3 Å². The summed E-state index contributed by atoms with van der Waals surface area (Å²) in [4.78, 5) is 0. The molecule has 0 spiro atoms. The minimum atomic E-state index is -0.413. The third-order valence-corrected chi connectivity index (χ3v) is 2.65. The second kappa shape index (κ2) is 5.25. The SMILES string of the molecule is COCCn1cnnc1-c1c(F)cccc1Cl. The molecule has 0 aliphatic carbocycles. The van der Waals surface area contributed by atoms with Crippen LogP contribution in [0.3, 0.4) is 0 Å². The molecule has 0 bridgehead atoms. The van der Waals surface area contributed by atoms with Crippen LogP contribution in [0.2, 0.25) is 5.02 Å². The van der Waals surface area contributed by atoms with Gasteiger partial charge < -0.3 is 9.30 Å². The molecule has 6 heteroatoms. The van der Waals surface area contributed by atoms with Crippen LogP contribution in [0.4, 0.5) is 4.39 Å². The van der Waals surface area contributed by atoms with Crippen LogP contribution < -0.4 is 0 Å². The highest BCUT2D eigenvalue weighted by Gasteiger charge is 2.15. The maximum Gasteiger partial charge on any atom is 0.168 e. The van der Waals surface area contributed by atoms with Crippen LogP contribution in [0.15, 0.2) is 24.5 Å². The topological polar surface area (TPSA) is 39.9 Å². The van der Waals surface area contributed by atoms with Crippen molar-refractivity contribution < 1.29 is 9.13 Å². The molecule has 17 heavy (non-hydrogen) atoms. The number of halogens is 2. The van der Waals surface area contributed by atoms with Gasteiger partial charge >= 0.3 is 0 Å². The summed E-state index contributed by atoms with van der Waals surface area (Å²) < 4.78 is 20.4. The molecule has 2 aromatic rings. The lowest BCUT2D eigenvalue weighted by Crippen LogP contribution is -2.05. The number of aromatic nitrogens is 3. The Morgan fingerprint density at radius 3 is 3.00 bits per heavy atom. The van der Waals surface area contributed by atoms with Crippen molar-refractivity contribution in [3.63, 3.8) is 0 Å². The number of nitrogens with zero attached hydrogens (tertiary/aromatic N) is 3. The molecular weight excluding hydrogens is 245 g/mol. The lowest BCUT2D eigenvalue weighted by Gasteiger charge is -2.08. The van der Waals surface area contributed by atoms with Crippen LogP contribution in [0.1, 0.15) is 0 Å². The largest absolute Gasteiger partial charge is 0.383 e. The predicted octanol–water partition coefficient (Wildman–Crippen LogP) is 2.38. The van der Waals surface area contributed by atoms with Gasteiger partial charge in [0.15, 0.2) is 5.82 Å². The molecular formula is C11H11ClFN3O. The maximum absolute atomic E-state index is 13.7. The van der Waals surface area contributed by atoms with E-state index in [0.717, 1.165) is 0 Å². The van der Waals surface area contributed by atoms with Crippen molar-refractivity contribution >= 4 is 11.6 Å². The number of ether oxygens (including phenoxy) is 1. The van der Waals surface area contributed by atoms with E-state index in [9.17, 15) is 4.39 Å². The predicted molar refractivity (Wildman–Crippen MR) is 62.3 cm³/mol. The summed E-state index contributed by atoms with van der Waals surface area (Å²) >= 11 is 5.97. The van der Waals surface area contributed by atoms with Crippen LogP contribution in [0, 0.1) is 5.82 Å². The van der Waals surface area contributed by atoms with Gasteiger partial charge in [-0.05, 0) is 12.1 Å². The van der Waals surface area contributed by atoms with Gasteiger partial charge in [-0.2, -0.15) is 0 Å². The zero-order chi connectivity index (χ0) is 12.3. The molecule has 0 fully saturated rings. The van der Waals surface area contributed by atoms with Crippen molar-refractivity contribution in [2.75, 3.05) is 13.7 Å². The van der Waals surface area contributed by atoms with Crippen LogP contribution in [0.25, 0.3) is 11.4 Å². The summed E-state index contributed by atoms with van der Waals surface area (Å²) in [5.74, 6) is -0.00526. The van der Waals surface area contributed by atoms with Gasteiger partial charge in [-0.1, -0.05) is 17.7 Å². The van der Waals surface area contributed by atoms with Gasteiger partial charge in [0.05, 0.1) is 17.2 Å². The van der Waals surface area contributed by atoms with E-state index in [0.29, 0.717) is 24.0 Å². The molecule has 0 radical (unpaired) electrons. The molecule has 0 atom stereocenters. The lowest BCUT2D eigenvalue weighted by atomic mass is 10.2. The van der Waals surface area contributed by atoms with E-state index in [-0.39, 0.29) is 5.56 Å². The molecule has 0 aliphatic rings. The van der Waals surface area contributed by atoms with Gasteiger partial charge in [-0.15, -0.1) is 10.2 Å². The minimum Gasteiger partial charge on any atom is -0.383 e. The first-order valence-electron chi connectivity index (χ1n) is 5.05. The van der Waals surface area contributed by atoms with Gasteiger partial charge in [0.1, 0.15) is 12.1 Å². The average molecular weight is 256 g/mol. The summed E-state index contributed by atoms with van der Waals surface area (Å²) in [6.07, 6.45) is 1.52. The summed E-state index contributed by atoms with van der Waals surface area (Å²) in [7, 11) is 1.60.